The topological polar surface area (TPSA) is 23.5 Å². The largest absolute Gasteiger partial charge is 0.395 e. The minimum Gasteiger partial charge on any atom is -0.395 e. The highest BCUT2D eigenvalue weighted by Crippen LogP contribution is 2.19. The predicted octanol–water partition coefficient (Wildman–Crippen LogP) is 3.18. The van der Waals surface area contributed by atoms with Gasteiger partial charge >= 0.3 is 0 Å². The van der Waals surface area contributed by atoms with Gasteiger partial charge in [0.25, 0.3) is 0 Å². The van der Waals surface area contributed by atoms with Crippen LogP contribution in [0.1, 0.15) is 21.1 Å². The van der Waals surface area contributed by atoms with Crippen molar-refractivity contribution in [3.63, 3.8) is 0 Å². The summed E-state index contributed by atoms with van der Waals surface area (Å²) in [6.07, 6.45) is 0.547. The SMILES string of the molecule is CN(Cc1cccs1)Cc1ccc(C#CCCO)s1. The second-order valence-electron chi connectivity index (χ2n) is 4.29. The molecule has 0 radical (unpaired) electrons. The van der Waals surface area contributed by atoms with Gasteiger partial charge in [0.2, 0.25) is 0 Å². The van der Waals surface area contributed by atoms with Crippen LogP contribution in [-0.2, 0) is 13.1 Å². The van der Waals surface area contributed by atoms with Gasteiger partial charge in [-0.25, -0.2) is 0 Å². The zero-order valence-corrected chi connectivity index (χ0v) is 12.6. The van der Waals surface area contributed by atoms with Gasteiger partial charge in [-0.2, -0.15) is 0 Å². The molecule has 0 fully saturated rings. The van der Waals surface area contributed by atoms with Crippen LogP contribution in [0.4, 0.5) is 0 Å². The summed E-state index contributed by atoms with van der Waals surface area (Å²) in [6, 6.07) is 8.46. The second-order valence-corrected chi connectivity index (χ2v) is 6.49. The van der Waals surface area contributed by atoms with Gasteiger partial charge in [0.05, 0.1) is 11.5 Å². The number of nitrogens with zero attached hydrogens (tertiary/aromatic N) is 1. The van der Waals surface area contributed by atoms with Crippen LogP contribution in [0.2, 0.25) is 0 Å². The summed E-state index contributed by atoms with van der Waals surface area (Å²) in [4.78, 5) is 6.10. The van der Waals surface area contributed by atoms with E-state index in [0.717, 1.165) is 18.0 Å². The number of thiophene rings is 2. The molecule has 0 bridgehead atoms. The average molecular weight is 291 g/mol. The van der Waals surface area contributed by atoms with E-state index >= 15 is 0 Å². The molecule has 0 aliphatic carbocycles. The second kappa shape index (κ2) is 7.46. The monoisotopic (exact) mass is 291 g/mol. The molecule has 0 amide bonds. The van der Waals surface area contributed by atoms with Gasteiger partial charge in [0, 0.05) is 29.3 Å². The molecule has 0 aliphatic heterocycles. The summed E-state index contributed by atoms with van der Waals surface area (Å²) in [5.74, 6) is 6.03. The van der Waals surface area contributed by atoms with Crippen LogP contribution in [-0.4, -0.2) is 23.7 Å². The summed E-state index contributed by atoms with van der Waals surface area (Å²) in [7, 11) is 2.14. The van der Waals surface area contributed by atoms with Crippen molar-refractivity contribution in [2.75, 3.05) is 13.7 Å². The van der Waals surface area contributed by atoms with Gasteiger partial charge < -0.3 is 5.11 Å². The zero-order chi connectivity index (χ0) is 13.5. The molecule has 0 aliphatic rings. The molecule has 2 aromatic heterocycles. The quantitative estimate of drug-likeness (QED) is 0.855. The van der Waals surface area contributed by atoms with Crippen LogP contribution in [0, 0.1) is 11.8 Å². The van der Waals surface area contributed by atoms with Gasteiger partial charge in [-0.15, -0.1) is 22.7 Å². The molecule has 0 atom stereocenters. The molecular weight excluding hydrogens is 274 g/mol. The molecule has 2 heterocycles. The van der Waals surface area contributed by atoms with Gasteiger partial charge in [-0.1, -0.05) is 17.9 Å². The lowest BCUT2D eigenvalue weighted by molar-refractivity contribution is 0.305. The fraction of sp³-hybridized carbons (Fsp3) is 0.333. The van der Waals surface area contributed by atoms with Crippen molar-refractivity contribution in [1.29, 1.82) is 0 Å². The summed E-state index contributed by atoms with van der Waals surface area (Å²) in [6.45, 7) is 2.07. The van der Waals surface area contributed by atoms with Crippen molar-refractivity contribution in [2.24, 2.45) is 0 Å². The van der Waals surface area contributed by atoms with Crippen molar-refractivity contribution in [3.8, 4) is 11.8 Å². The van der Waals surface area contributed by atoms with E-state index in [-0.39, 0.29) is 6.61 Å². The van der Waals surface area contributed by atoms with Crippen molar-refractivity contribution in [1.82, 2.24) is 4.90 Å². The Morgan fingerprint density at radius 1 is 1.21 bits per heavy atom. The number of aliphatic hydroxyl groups is 1. The molecule has 0 saturated heterocycles. The maximum Gasteiger partial charge on any atom is 0.0771 e. The first kappa shape index (κ1) is 14.3. The van der Waals surface area contributed by atoms with Crippen molar-refractivity contribution in [3.05, 3.63) is 44.3 Å². The van der Waals surface area contributed by atoms with E-state index in [1.54, 1.807) is 22.7 Å². The summed E-state index contributed by atoms with van der Waals surface area (Å²) >= 11 is 3.53. The zero-order valence-electron chi connectivity index (χ0n) is 10.9. The minimum atomic E-state index is 0.134. The van der Waals surface area contributed by atoms with Crippen LogP contribution in [0.15, 0.2) is 29.6 Å². The lowest BCUT2D eigenvalue weighted by Gasteiger charge is -2.13. The van der Waals surface area contributed by atoms with E-state index < -0.39 is 0 Å². The van der Waals surface area contributed by atoms with E-state index in [1.165, 1.54) is 9.75 Å². The molecule has 2 aromatic rings. The number of hydrogen-bond acceptors (Lipinski definition) is 4. The standard InChI is InChI=1S/C15H17NOS2/c1-16(11-14-6-4-10-18-14)12-15-8-7-13(19-15)5-2-3-9-17/h4,6-8,10,17H,3,9,11-12H2,1H3. The van der Waals surface area contributed by atoms with Crippen LogP contribution >= 0.6 is 22.7 Å². The molecule has 4 heteroatoms. The molecule has 0 saturated carbocycles. The van der Waals surface area contributed by atoms with Gasteiger partial charge in [0.15, 0.2) is 0 Å². The first-order valence-corrected chi connectivity index (χ1v) is 7.87. The lowest BCUT2D eigenvalue weighted by Crippen LogP contribution is -2.15. The Morgan fingerprint density at radius 2 is 2.05 bits per heavy atom. The Labute approximate surface area is 122 Å². The van der Waals surface area contributed by atoms with Crippen molar-refractivity contribution in [2.45, 2.75) is 19.5 Å². The normalized spacial score (nSPS) is 10.5. The smallest absolute Gasteiger partial charge is 0.0771 e. The third-order valence-corrected chi connectivity index (χ3v) is 4.39. The molecular formula is C15H17NOS2. The average Bonchev–Trinajstić information content (AvgIpc) is 3.02. The molecule has 0 aromatic carbocycles. The summed E-state index contributed by atoms with van der Waals surface area (Å²) in [5, 5.41) is 10.8. The Bertz CT molecular complexity index is 548. The molecule has 2 nitrogen and oxygen atoms in total. The molecule has 1 N–H and O–H groups in total. The highest BCUT2D eigenvalue weighted by Gasteiger charge is 2.04. The highest BCUT2D eigenvalue weighted by atomic mass is 32.1. The lowest BCUT2D eigenvalue weighted by atomic mass is 10.3. The number of hydrogen-bond donors (Lipinski definition) is 1. The number of rotatable bonds is 5. The summed E-state index contributed by atoms with van der Waals surface area (Å²) < 4.78 is 0. The third-order valence-electron chi connectivity index (χ3n) is 2.54. The van der Waals surface area contributed by atoms with Crippen LogP contribution in [0.25, 0.3) is 0 Å². The molecule has 2 rings (SSSR count). The van der Waals surface area contributed by atoms with Gasteiger partial charge in [-0.05, 0) is 30.6 Å². The fourth-order valence-electron chi connectivity index (χ4n) is 1.73. The Balaban J connectivity index is 1.87. The van der Waals surface area contributed by atoms with Crippen molar-refractivity contribution < 1.29 is 5.11 Å². The van der Waals surface area contributed by atoms with E-state index in [2.05, 4.69) is 53.4 Å². The van der Waals surface area contributed by atoms with Crippen LogP contribution in [0.5, 0.6) is 0 Å². The Kier molecular flexibility index (Phi) is 5.62. The molecule has 0 unspecified atom stereocenters. The minimum absolute atomic E-state index is 0.134. The molecule has 100 valence electrons. The fourth-order valence-corrected chi connectivity index (χ4v) is 3.47. The molecule has 19 heavy (non-hydrogen) atoms. The van der Waals surface area contributed by atoms with Gasteiger partial charge in [-0.3, -0.25) is 4.90 Å². The Morgan fingerprint density at radius 3 is 2.79 bits per heavy atom. The third kappa shape index (κ3) is 4.81. The van der Waals surface area contributed by atoms with Crippen LogP contribution in [0.3, 0.4) is 0 Å². The van der Waals surface area contributed by atoms with E-state index in [0.29, 0.717) is 6.42 Å². The number of aliphatic hydroxyl groups excluding tert-OH is 1. The molecule has 0 spiro atoms. The van der Waals surface area contributed by atoms with Crippen molar-refractivity contribution >= 4 is 22.7 Å². The maximum atomic E-state index is 8.69. The first-order chi connectivity index (χ1) is 9.28. The van der Waals surface area contributed by atoms with Crippen LogP contribution < -0.4 is 0 Å². The highest BCUT2D eigenvalue weighted by molar-refractivity contribution is 7.12. The maximum absolute atomic E-state index is 8.69. The Hall–Kier alpha value is -1.12. The van der Waals surface area contributed by atoms with E-state index in [1.807, 2.05) is 0 Å². The van der Waals surface area contributed by atoms with E-state index in [9.17, 15) is 0 Å². The summed E-state index contributed by atoms with van der Waals surface area (Å²) in [5.41, 5.74) is 0. The van der Waals surface area contributed by atoms with Gasteiger partial charge in [0.1, 0.15) is 0 Å². The first-order valence-electron chi connectivity index (χ1n) is 6.17. The predicted molar refractivity (Wildman–Crippen MR) is 82.4 cm³/mol. The van der Waals surface area contributed by atoms with E-state index in [4.69, 9.17) is 5.11 Å².